The highest BCUT2D eigenvalue weighted by molar-refractivity contribution is 6.32. The maximum atomic E-state index is 13.5. The summed E-state index contributed by atoms with van der Waals surface area (Å²) in [5.74, 6) is 1.09. The largest absolute Gasteiger partial charge is 0.494 e. The van der Waals surface area contributed by atoms with Crippen LogP contribution in [0, 0.1) is 0 Å². The minimum atomic E-state index is -0.156. The maximum Gasteiger partial charge on any atom is 0.333 e. The smallest absolute Gasteiger partial charge is 0.333 e. The standard InChI is InChI=1S/C27H25ClN6O2/c1-3-7-20-17-34(25-23(28)10-6-11-24(25)36-2)27(35)33(20)16-18-12-14-19(15-13-18)21-8-4-5-9-22(21)26-29-31-32-30-26/h4-6,8-15,17H,3,7,16H2,1-2H3,(H,29,30,31,32). The Bertz CT molecular complexity index is 1540. The fraction of sp³-hybridized carbons (Fsp3) is 0.185. The normalized spacial score (nSPS) is 11.1. The quantitative estimate of drug-likeness (QED) is 0.318. The zero-order chi connectivity index (χ0) is 25.1. The number of tetrazole rings is 1. The van der Waals surface area contributed by atoms with Crippen molar-refractivity contribution >= 4 is 11.6 Å². The summed E-state index contributed by atoms with van der Waals surface area (Å²) in [6, 6.07) is 21.5. The van der Waals surface area contributed by atoms with E-state index in [1.165, 1.54) is 0 Å². The predicted octanol–water partition coefficient (Wildman–Crippen LogP) is 5.15. The van der Waals surface area contributed by atoms with Gasteiger partial charge in [0.1, 0.15) is 11.4 Å². The second-order valence-corrected chi connectivity index (χ2v) is 8.78. The molecule has 5 rings (SSSR count). The summed E-state index contributed by atoms with van der Waals surface area (Å²) in [6.07, 6.45) is 3.55. The van der Waals surface area contributed by atoms with Crippen LogP contribution >= 0.6 is 11.6 Å². The lowest BCUT2D eigenvalue weighted by Gasteiger charge is -2.11. The van der Waals surface area contributed by atoms with Crippen LogP contribution in [0.5, 0.6) is 5.75 Å². The topological polar surface area (TPSA) is 90.6 Å². The van der Waals surface area contributed by atoms with Crippen LogP contribution < -0.4 is 10.4 Å². The molecule has 0 unspecified atom stereocenters. The second-order valence-electron chi connectivity index (χ2n) is 8.38. The van der Waals surface area contributed by atoms with E-state index in [1.807, 2.05) is 54.7 Å². The van der Waals surface area contributed by atoms with Crippen LogP contribution in [0.1, 0.15) is 24.6 Å². The van der Waals surface area contributed by atoms with Crippen molar-refractivity contribution in [2.75, 3.05) is 7.11 Å². The molecule has 3 aromatic carbocycles. The van der Waals surface area contributed by atoms with Gasteiger partial charge in [0.05, 0.1) is 18.7 Å². The number of nitrogens with zero attached hydrogens (tertiary/aromatic N) is 5. The minimum absolute atomic E-state index is 0.156. The number of para-hydroxylation sites is 1. The van der Waals surface area contributed by atoms with Gasteiger partial charge < -0.3 is 4.74 Å². The number of ether oxygens (including phenoxy) is 1. The zero-order valence-electron chi connectivity index (χ0n) is 20.0. The molecule has 9 heteroatoms. The molecule has 0 radical (unpaired) electrons. The number of aromatic amines is 1. The van der Waals surface area contributed by atoms with E-state index in [1.54, 1.807) is 34.4 Å². The van der Waals surface area contributed by atoms with Crippen molar-refractivity contribution in [2.24, 2.45) is 0 Å². The Kier molecular flexibility index (Phi) is 6.69. The molecule has 2 aromatic heterocycles. The highest BCUT2D eigenvalue weighted by Gasteiger charge is 2.18. The lowest BCUT2D eigenvalue weighted by molar-refractivity contribution is 0.412. The number of H-pyrrole nitrogens is 1. The first-order valence-electron chi connectivity index (χ1n) is 11.7. The van der Waals surface area contributed by atoms with E-state index < -0.39 is 0 Å². The van der Waals surface area contributed by atoms with Crippen LogP contribution in [0.25, 0.3) is 28.2 Å². The molecule has 0 saturated heterocycles. The molecule has 0 amide bonds. The Morgan fingerprint density at radius 1 is 1.00 bits per heavy atom. The summed E-state index contributed by atoms with van der Waals surface area (Å²) in [7, 11) is 1.57. The molecule has 0 aliphatic rings. The lowest BCUT2D eigenvalue weighted by atomic mass is 9.98. The van der Waals surface area contributed by atoms with Crippen molar-refractivity contribution in [1.82, 2.24) is 29.8 Å². The molecule has 0 fully saturated rings. The van der Waals surface area contributed by atoms with Crippen LogP contribution in [0.15, 0.2) is 77.7 Å². The first-order chi connectivity index (χ1) is 17.6. The van der Waals surface area contributed by atoms with Crippen LogP contribution in [-0.2, 0) is 13.0 Å². The predicted molar refractivity (Wildman–Crippen MR) is 140 cm³/mol. The van der Waals surface area contributed by atoms with Gasteiger partial charge in [-0.3, -0.25) is 9.13 Å². The third kappa shape index (κ3) is 4.43. The van der Waals surface area contributed by atoms with Gasteiger partial charge in [-0.2, -0.15) is 5.21 Å². The van der Waals surface area contributed by atoms with Crippen LogP contribution in [0.2, 0.25) is 5.02 Å². The van der Waals surface area contributed by atoms with Crippen molar-refractivity contribution in [1.29, 1.82) is 0 Å². The molecule has 0 aliphatic heterocycles. The molecular formula is C27H25ClN6O2. The number of benzene rings is 3. The Morgan fingerprint density at radius 3 is 2.47 bits per heavy atom. The number of aryl methyl sites for hydroxylation is 1. The number of hydrogen-bond acceptors (Lipinski definition) is 5. The van der Waals surface area contributed by atoms with Gasteiger partial charge in [-0.1, -0.05) is 79.5 Å². The van der Waals surface area contributed by atoms with Crippen molar-refractivity contribution in [3.8, 4) is 34.0 Å². The number of rotatable bonds is 8. The van der Waals surface area contributed by atoms with Crippen molar-refractivity contribution in [3.63, 3.8) is 0 Å². The van der Waals surface area contributed by atoms with Gasteiger partial charge in [0.15, 0.2) is 0 Å². The molecule has 0 spiro atoms. The van der Waals surface area contributed by atoms with E-state index in [-0.39, 0.29) is 5.69 Å². The van der Waals surface area contributed by atoms with Crippen LogP contribution in [0.3, 0.4) is 0 Å². The van der Waals surface area contributed by atoms with Gasteiger partial charge in [0, 0.05) is 17.5 Å². The van der Waals surface area contributed by atoms with E-state index >= 15 is 0 Å². The maximum absolute atomic E-state index is 13.5. The summed E-state index contributed by atoms with van der Waals surface area (Å²) < 4.78 is 8.87. The summed E-state index contributed by atoms with van der Waals surface area (Å²) >= 11 is 6.48. The minimum Gasteiger partial charge on any atom is -0.494 e. The monoisotopic (exact) mass is 500 g/mol. The molecule has 2 heterocycles. The average molecular weight is 501 g/mol. The Labute approximate surface area is 213 Å². The molecule has 1 N–H and O–H groups in total. The van der Waals surface area contributed by atoms with E-state index in [0.717, 1.165) is 40.8 Å². The Morgan fingerprint density at radius 2 is 1.78 bits per heavy atom. The second kappa shape index (κ2) is 10.2. The SMILES string of the molecule is CCCc1cn(-c2c(Cl)cccc2OC)c(=O)n1Cc1ccc(-c2ccccc2-c2nn[nH]n2)cc1. The summed E-state index contributed by atoms with van der Waals surface area (Å²) in [5, 5.41) is 14.9. The summed E-state index contributed by atoms with van der Waals surface area (Å²) in [4.78, 5) is 13.5. The van der Waals surface area contributed by atoms with E-state index in [0.29, 0.717) is 28.8 Å². The number of halogens is 1. The van der Waals surface area contributed by atoms with Crippen molar-refractivity contribution < 1.29 is 4.74 Å². The van der Waals surface area contributed by atoms with Crippen molar-refractivity contribution in [2.45, 2.75) is 26.3 Å². The third-order valence-corrected chi connectivity index (χ3v) is 6.40. The van der Waals surface area contributed by atoms with Gasteiger partial charge in [0.25, 0.3) is 0 Å². The van der Waals surface area contributed by atoms with Gasteiger partial charge in [-0.05, 0) is 40.5 Å². The number of imidazole rings is 1. The number of hydrogen-bond donors (Lipinski definition) is 1. The third-order valence-electron chi connectivity index (χ3n) is 6.10. The molecule has 0 aliphatic carbocycles. The molecule has 182 valence electrons. The lowest BCUT2D eigenvalue weighted by Crippen LogP contribution is -2.25. The average Bonchev–Trinajstić information content (AvgIpc) is 3.54. The molecule has 0 bridgehead atoms. The molecule has 0 atom stereocenters. The summed E-state index contributed by atoms with van der Waals surface area (Å²) in [5.41, 5.74) is 5.28. The molecule has 8 nitrogen and oxygen atoms in total. The number of nitrogens with one attached hydrogen (secondary N) is 1. The van der Waals surface area contributed by atoms with Gasteiger partial charge in [-0.25, -0.2) is 4.79 Å². The fourth-order valence-electron chi connectivity index (χ4n) is 4.38. The Hall–Kier alpha value is -4.17. The molecule has 0 saturated carbocycles. The van der Waals surface area contributed by atoms with Crippen LogP contribution in [-0.4, -0.2) is 36.9 Å². The number of methoxy groups -OCH3 is 1. The fourth-order valence-corrected chi connectivity index (χ4v) is 4.64. The summed E-state index contributed by atoms with van der Waals surface area (Å²) in [6.45, 7) is 2.54. The van der Waals surface area contributed by atoms with E-state index in [4.69, 9.17) is 16.3 Å². The van der Waals surface area contributed by atoms with Gasteiger partial charge in [-0.15, -0.1) is 10.2 Å². The zero-order valence-corrected chi connectivity index (χ0v) is 20.7. The highest BCUT2D eigenvalue weighted by atomic mass is 35.5. The molecular weight excluding hydrogens is 476 g/mol. The molecule has 36 heavy (non-hydrogen) atoms. The number of aromatic nitrogens is 6. The van der Waals surface area contributed by atoms with Crippen molar-refractivity contribution in [3.05, 3.63) is 99.7 Å². The van der Waals surface area contributed by atoms with Gasteiger partial charge in [0.2, 0.25) is 5.82 Å². The highest BCUT2D eigenvalue weighted by Crippen LogP contribution is 2.31. The van der Waals surface area contributed by atoms with E-state index in [2.05, 4.69) is 27.5 Å². The first kappa shape index (κ1) is 23.6. The van der Waals surface area contributed by atoms with Gasteiger partial charge >= 0.3 is 5.69 Å². The van der Waals surface area contributed by atoms with Crippen LogP contribution in [0.4, 0.5) is 0 Å². The molecule has 5 aromatic rings. The first-order valence-corrected chi connectivity index (χ1v) is 12.0. The Balaban J connectivity index is 1.50. The van der Waals surface area contributed by atoms with E-state index in [9.17, 15) is 4.79 Å².